The summed E-state index contributed by atoms with van der Waals surface area (Å²) >= 11 is 1.85. The van der Waals surface area contributed by atoms with Crippen LogP contribution < -0.4 is 9.47 Å². The molecule has 0 bridgehead atoms. The molecular formula is C60H68O2S. The zero-order valence-electron chi connectivity index (χ0n) is 36.2. The molecule has 326 valence electrons. The van der Waals surface area contributed by atoms with Gasteiger partial charge in [-0.3, -0.25) is 0 Å². The Morgan fingerprint density at radius 2 is 1.05 bits per heavy atom. The first-order chi connectivity index (χ1) is 31.0. The van der Waals surface area contributed by atoms with E-state index in [0.29, 0.717) is 12.4 Å². The van der Waals surface area contributed by atoms with Crippen molar-refractivity contribution in [3.05, 3.63) is 131 Å². The first-order valence-corrected chi connectivity index (χ1v) is 22.7. The largest absolute Gasteiger partial charge is 0.494 e. The minimum atomic E-state index is 0. The van der Waals surface area contributed by atoms with Crippen LogP contribution in [0.25, 0.3) is 76.5 Å². The third-order valence-corrected chi connectivity index (χ3v) is 12.5. The van der Waals surface area contributed by atoms with E-state index in [1.165, 1.54) is 87.4 Å². The van der Waals surface area contributed by atoms with Crippen molar-refractivity contribution in [2.45, 2.75) is 72.1 Å². The van der Waals surface area contributed by atoms with Crippen LogP contribution in [0.1, 0.15) is 82.3 Å². The van der Waals surface area contributed by atoms with E-state index in [2.05, 4.69) is 190 Å². The van der Waals surface area contributed by atoms with Gasteiger partial charge in [0, 0.05) is 47.7 Å². The molecule has 0 fully saturated rings. The van der Waals surface area contributed by atoms with E-state index in [0.717, 1.165) is 56.0 Å². The lowest BCUT2D eigenvalue weighted by Gasteiger charge is -2.20. The van der Waals surface area contributed by atoms with Crippen LogP contribution in [0, 0.1) is 73.7 Å². The SMILES string of the molecule is C#CC#CC#CC#CC#COc1ccc2c(-c3ccc4ccccc4c3)c3cc(OCCCCCCCCCC)ccc3c(-c3ccc4cc(-c5cc(C)sc5C)ccc4c3)c2c1.[HH].[HH].[HH].[HH].[HH].[HH].[HH].[HH].[HH].[HH]. The zero-order valence-corrected chi connectivity index (χ0v) is 37.0. The van der Waals surface area contributed by atoms with Crippen molar-refractivity contribution in [1.82, 2.24) is 0 Å². The first kappa shape index (κ1) is 42.4. The monoisotopic (exact) mass is 852 g/mol. The van der Waals surface area contributed by atoms with Crippen molar-refractivity contribution in [3.8, 4) is 105 Å². The van der Waals surface area contributed by atoms with E-state index in [-0.39, 0.29) is 14.3 Å². The van der Waals surface area contributed by atoms with Gasteiger partial charge in [-0.1, -0.05) is 119 Å². The Kier molecular flexibility index (Phi) is 13.8. The highest BCUT2D eigenvalue weighted by Gasteiger charge is 2.19. The second-order valence-electron chi connectivity index (χ2n) is 15.9. The Hall–Kier alpha value is -7.32. The van der Waals surface area contributed by atoms with E-state index >= 15 is 0 Å². The topological polar surface area (TPSA) is 18.5 Å². The molecule has 1 aromatic heterocycles. The Morgan fingerprint density at radius 3 is 1.70 bits per heavy atom. The van der Waals surface area contributed by atoms with Gasteiger partial charge in [0.2, 0.25) is 0 Å². The van der Waals surface area contributed by atoms with Crippen molar-refractivity contribution in [1.29, 1.82) is 0 Å². The summed E-state index contributed by atoms with van der Waals surface area (Å²) < 4.78 is 12.6. The molecule has 0 amide bonds. The van der Waals surface area contributed by atoms with Crippen LogP contribution in [0.5, 0.6) is 11.5 Å². The van der Waals surface area contributed by atoms with Crippen LogP contribution in [-0.4, -0.2) is 6.61 Å². The number of terminal acetylenes is 1. The van der Waals surface area contributed by atoms with Crippen LogP contribution >= 0.6 is 11.3 Å². The number of hydrogen-bond acceptors (Lipinski definition) is 3. The number of unbranched alkanes of at least 4 members (excludes halogenated alkanes) is 7. The summed E-state index contributed by atoms with van der Waals surface area (Å²) in [5.41, 5.74) is 7.06. The van der Waals surface area contributed by atoms with Gasteiger partial charge in [0.05, 0.1) is 6.61 Å². The predicted molar refractivity (Wildman–Crippen MR) is 290 cm³/mol. The lowest BCUT2D eigenvalue weighted by Crippen LogP contribution is -1.98. The molecule has 1 heterocycles. The van der Waals surface area contributed by atoms with Gasteiger partial charge in [-0.25, -0.2) is 0 Å². The van der Waals surface area contributed by atoms with Crippen LogP contribution in [0.15, 0.2) is 121 Å². The average molecular weight is 853 g/mol. The minimum absolute atomic E-state index is 0. The van der Waals surface area contributed by atoms with E-state index in [1.807, 2.05) is 17.4 Å². The number of benzene rings is 7. The molecule has 7 aromatic carbocycles. The molecule has 3 heteroatoms. The quantitative estimate of drug-likeness (QED) is 0.0616. The fourth-order valence-electron chi connectivity index (χ4n) is 8.52. The first-order valence-electron chi connectivity index (χ1n) is 21.9. The third kappa shape index (κ3) is 10.1. The molecule has 0 aliphatic carbocycles. The molecule has 8 rings (SSSR count). The predicted octanol–water partition coefficient (Wildman–Crippen LogP) is 17.9. The minimum Gasteiger partial charge on any atom is -0.494 e. The van der Waals surface area contributed by atoms with E-state index in [4.69, 9.17) is 15.9 Å². The molecule has 63 heavy (non-hydrogen) atoms. The fraction of sp³-hybridized carbons (Fsp3) is 0.200. The van der Waals surface area contributed by atoms with Gasteiger partial charge in [0.25, 0.3) is 0 Å². The van der Waals surface area contributed by atoms with Gasteiger partial charge in [-0.15, -0.1) is 17.8 Å². The van der Waals surface area contributed by atoms with Gasteiger partial charge < -0.3 is 9.47 Å². The Bertz CT molecular complexity index is 3330. The molecule has 0 aliphatic heterocycles. The molecule has 0 N–H and O–H groups in total. The molecular weight excluding hydrogens is 785 g/mol. The number of ether oxygens (including phenoxy) is 2. The smallest absolute Gasteiger partial charge is 0.140 e. The molecule has 0 atom stereocenters. The summed E-state index contributed by atoms with van der Waals surface area (Å²) in [7, 11) is 0. The summed E-state index contributed by atoms with van der Waals surface area (Å²) in [5, 5.41) is 9.20. The Labute approximate surface area is 391 Å². The maximum atomic E-state index is 6.54. The van der Waals surface area contributed by atoms with Crippen molar-refractivity contribution in [2.75, 3.05) is 6.61 Å². The van der Waals surface area contributed by atoms with E-state index in [1.54, 1.807) is 0 Å². The van der Waals surface area contributed by atoms with Crippen LogP contribution in [0.4, 0.5) is 0 Å². The number of aryl methyl sites for hydroxylation is 2. The van der Waals surface area contributed by atoms with Crippen LogP contribution in [0.3, 0.4) is 0 Å². The summed E-state index contributed by atoms with van der Waals surface area (Å²) in [6, 6.07) is 44.1. The Morgan fingerprint density at radius 1 is 0.508 bits per heavy atom. The highest BCUT2D eigenvalue weighted by atomic mass is 32.1. The van der Waals surface area contributed by atoms with Gasteiger partial charge in [0.15, 0.2) is 0 Å². The van der Waals surface area contributed by atoms with Crippen LogP contribution in [0.2, 0.25) is 0 Å². The molecule has 0 spiro atoms. The number of rotatable bonds is 14. The maximum Gasteiger partial charge on any atom is 0.140 e. The molecule has 0 saturated heterocycles. The molecule has 8 aromatic rings. The highest BCUT2D eigenvalue weighted by Crippen LogP contribution is 2.47. The van der Waals surface area contributed by atoms with E-state index < -0.39 is 0 Å². The third-order valence-electron chi connectivity index (χ3n) is 11.5. The number of fused-ring (bicyclic) bond motifs is 4. The van der Waals surface area contributed by atoms with Gasteiger partial charge >= 0.3 is 0 Å². The van der Waals surface area contributed by atoms with Gasteiger partial charge in [-0.2, -0.15) is 0 Å². The fourth-order valence-corrected chi connectivity index (χ4v) is 9.47. The standard InChI is InChI=1S/C60H48O2S.10H2/c1-5-7-9-11-13-15-17-21-35-61-52-32-34-55-57(41-52)59(50-29-25-45-23-19-20-24-46(45)39-50)54-33-31-53(62-36-22-18-16-14-12-10-8-6-2)42-58(54)60(55)51-30-27-47-38-49(28-26-48(47)40-51)56-37-43(3)63-44(56)4;;;;;;;;;;/h2,19-20,23-34,37-42H,5,7,9,11,13,15,17,21,35H2,1,3-4H3;10*1H. The van der Waals surface area contributed by atoms with Gasteiger partial charge in [0.1, 0.15) is 17.6 Å². The summed E-state index contributed by atoms with van der Waals surface area (Å²) in [5.74, 6) is 22.1. The maximum absolute atomic E-state index is 6.54. The summed E-state index contributed by atoms with van der Waals surface area (Å²) in [6.07, 6.45) is 18.0. The van der Waals surface area contributed by atoms with Crippen molar-refractivity contribution >= 4 is 54.4 Å². The lowest BCUT2D eigenvalue weighted by molar-refractivity contribution is 0.304. The van der Waals surface area contributed by atoms with Crippen molar-refractivity contribution in [3.63, 3.8) is 0 Å². The summed E-state index contributed by atoms with van der Waals surface area (Å²) in [6.45, 7) is 7.35. The van der Waals surface area contributed by atoms with Crippen LogP contribution in [-0.2, 0) is 0 Å². The van der Waals surface area contributed by atoms with Crippen molar-refractivity contribution < 1.29 is 23.7 Å². The second kappa shape index (κ2) is 20.5. The summed E-state index contributed by atoms with van der Waals surface area (Å²) in [4.78, 5) is 2.66. The van der Waals surface area contributed by atoms with E-state index in [9.17, 15) is 0 Å². The number of thiophene rings is 1. The normalized spacial score (nSPS) is 10.5. The molecule has 0 radical (unpaired) electrons. The molecule has 2 nitrogen and oxygen atoms in total. The molecule has 0 unspecified atom stereocenters. The van der Waals surface area contributed by atoms with Crippen molar-refractivity contribution in [2.24, 2.45) is 0 Å². The van der Waals surface area contributed by atoms with Gasteiger partial charge in [-0.05, 0) is 175 Å². The molecule has 0 saturated carbocycles. The lowest BCUT2D eigenvalue weighted by atomic mass is 9.85. The highest BCUT2D eigenvalue weighted by molar-refractivity contribution is 7.12. The number of hydrogen-bond donors (Lipinski definition) is 0. The average Bonchev–Trinajstić information content (AvgIpc) is 3.66. The second-order valence-corrected chi connectivity index (χ2v) is 17.3. The molecule has 0 aliphatic rings. The zero-order chi connectivity index (χ0) is 43.4. The Balaban J connectivity index is -0.00000490.